The van der Waals surface area contributed by atoms with E-state index in [9.17, 15) is 9.90 Å². The molecule has 1 aromatic carbocycles. The summed E-state index contributed by atoms with van der Waals surface area (Å²) in [6, 6.07) is 11.0. The van der Waals surface area contributed by atoms with Crippen molar-refractivity contribution in [1.29, 1.82) is 0 Å². The third kappa shape index (κ3) is 2.82. The number of allylic oxidation sites excluding steroid dienone is 1. The van der Waals surface area contributed by atoms with E-state index in [0.29, 0.717) is 12.2 Å². The van der Waals surface area contributed by atoms with Crippen LogP contribution in [0.4, 0.5) is 0 Å². The van der Waals surface area contributed by atoms with Crippen molar-refractivity contribution in [1.82, 2.24) is 0 Å². The maximum Gasteiger partial charge on any atom is 0.343 e. The Balaban J connectivity index is 2.51. The number of aromatic hydroxyl groups is 1. The van der Waals surface area contributed by atoms with E-state index in [1.54, 1.807) is 6.08 Å². The van der Waals surface area contributed by atoms with Gasteiger partial charge in [0.05, 0.1) is 5.56 Å². The van der Waals surface area contributed by atoms with Crippen LogP contribution in [-0.2, 0) is 6.42 Å². The quantitative estimate of drug-likeness (QED) is 0.844. The van der Waals surface area contributed by atoms with Crippen LogP contribution in [0.15, 0.2) is 58.3 Å². The molecule has 1 unspecified atom stereocenters. The van der Waals surface area contributed by atoms with Gasteiger partial charge in [0, 0.05) is 18.4 Å². The number of benzene rings is 1. The van der Waals surface area contributed by atoms with Gasteiger partial charge in [-0.15, -0.1) is 6.58 Å². The molecule has 104 valence electrons. The molecule has 0 aliphatic carbocycles. The first kappa shape index (κ1) is 14.1. The first-order valence-corrected chi connectivity index (χ1v) is 6.70. The minimum Gasteiger partial charge on any atom is -0.507 e. The monoisotopic (exact) mass is 270 g/mol. The van der Waals surface area contributed by atoms with Gasteiger partial charge in [-0.25, -0.2) is 4.79 Å². The third-order valence-corrected chi connectivity index (χ3v) is 3.22. The van der Waals surface area contributed by atoms with Crippen LogP contribution in [0.5, 0.6) is 5.75 Å². The molecule has 0 spiro atoms. The highest BCUT2D eigenvalue weighted by Crippen LogP contribution is 2.30. The Morgan fingerprint density at radius 1 is 1.35 bits per heavy atom. The normalized spacial score (nSPS) is 12.1. The topological polar surface area (TPSA) is 50.4 Å². The fraction of sp³-hybridized carbons (Fsp3) is 0.235. The van der Waals surface area contributed by atoms with Crippen LogP contribution in [0.25, 0.3) is 0 Å². The first-order chi connectivity index (χ1) is 9.67. The molecular formula is C17H18O3. The van der Waals surface area contributed by atoms with Crippen LogP contribution in [0.1, 0.15) is 36.1 Å². The minimum atomic E-state index is -0.498. The van der Waals surface area contributed by atoms with Crippen molar-refractivity contribution in [2.75, 3.05) is 0 Å². The molecule has 0 aliphatic heterocycles. The second kappa shape index (κ2) is 6.24. The smallest absolute Gasteiger partial charge is 0.343 e. The molecule has 0 amide bonds. The predicted octanol–water partition coefficient (Wildman–Crippen LogP) is 3.62. The van der Waals surface area contributed by atoms with Crippen LogP contribution in [0, 0.1) is 0 Å². The van der Waals surface area contributed by atoms with Gasteiger partial charge in [-0.05, 0) is 12.0 Å². The first-order valence-electron chi connectivity index (χ1n) is 6.70. The molecule has 1 heterocycles. The molecule has 1 aromatic heterocycles. The van der Waals surface area contributed by atoms with Gasteiger partial charge in [0.25, 0.3) is 0 Å². The Hall–Kier alpha value is -2.29. The van der Waals surface area contributed by atoms with Crippen LogP contribution in [0.2, 0.25) is 0 Å². The Kier molecular flexibility index (Phi) is 4.41. The van der Waals surface area contributed by atoms with Crippen LogP contribution in [0.3, 0.4) is 0 Å². The summed E-state index contributed by atoms with van der Waals surface area (Å²) in [6.45, 7) is 5.75. The Bertz CT molecular complexity index is 641. The van der Waals surface area contributed by atoms with E-state index >= 15 is 0 Å². The average molecular weight is 270 g/mol. The molecule has 3 nitrogen and oxygen atoms in total. The summed E-state index contributed by atoms with van der Waals surface area (Å²) < 4.78 is 5.27. The predicted molar refractivity (Wildman–Crippen MR) is 79.1 cm³/mol. The molecule has 0 fully saturated rings. The van der Waals surface area contributed by atoms with Gasteiger partial charge >= 0.3 is 5.63 Å². The zero-order valence-electron chi connectivity index (χ0n) is 11.5. The number of aryl methyl sites for hydroxylation is 1. The zero-order valence-corrected chi connectivity index (χ0v) is 11.5. The molecule has 20 heavy (non-hydrogen) atoms. The lowest BCUT2D eigenvalue weighted by Crippen LogP contribution is -2.13. The fourth-order valence-corrected chi connectivity index (χ4v) is 2.28. The Morgan fingerprint density at radius 2 is 2.05 bits per heavy atom. The van der Waals surface area contributed by atoms with E-state index in [2.05, 4.69) is 6.58 Å². The van der Waals surface area contributed by atoms with Gasteiger partial charge in [-0.1, -0.05) is 43.3 Å². The van der Waals surface area contributed by atoms with Crippen LogP contribution in [-0.4, -0.2) is 5.11 Å². The van der Waals surface area contributed by atoms with E-state index in [-0.39, 0.29) is 17.2 Å². The Labute approximate surface area is 118 Å². The molecule has 2 rings (SSSR count). The minimum absolute atomic E-state index is 0.0292. The second-order valence-corrected chi connectivity index (χ2v) is 4.67. The fourth-order valence-electron chi connectivity index (χ4n) is 2.28. The van der Waals surface area contributed by atoms with Gasteiger partial charge in [-0.3, -0.25) is 0 Å². The molecule has 1 N–H and O–H groups in total. The van der Waals surface area contributed by atoms with Crippen molar-refractivity contribution in [3.05, 3.63) is 76.4 Å². The molecular weight excluding hydrogens is 252 g/mol. The average Bonchev–Trinajstić information content (AvgIpc) is 2.44. The highest BCUT2D eigenvalue weighted by molar-refractivity contribution is 5.42. The second-order valence-electron chi connectivity index (χ2n) is 4.67. The standard InChI is InChI=1S/C17H18O3/c1-3-8-13-11-15(18)16(17(19)20-13)14(4-2)12-9-6-5-7-10-12/h4-7,9-11,14,18H,2-3,8H2,1H3. The van der Waals surface area contributed by atoms with Crippen LogP contribution < -0.4 is 5.63 Å². The number of hydrogen-bond acceptors (Lipinski definition) is 3. The largest absolute Gasteiger partial charge is 0.507 e. The van der Waals surface area contributed by atoms with E-state index in [1.807, 2.05) is 37.3 Å². The van der Waals surface area contributed by atoms with E-state index in [4.69, 9.17) is 4.42 Å². The van der Waals surface area contributed by atoms with Gasteiger partial charge < -0.3 is 9.52 Å². The highest BCUT2D eigenvalue weighted by atomic mass is 16.4. The molecule has 0 radical (unpaired) electrons. The lowest BCUT2D eigenvalue weighted by molar-refractivity contribution is 0.410. The maximum atomic E-state index is 12.1. The molecule has 1 atom stereocenters. The zero-order chi connectivity index (χ0) is 14.5. The molecule has 0 aliphatic rings. The summed E-state index contributed by atoms with van der Waals surface area (Å²) in [5.74, 6) is 0.108. The number of rotatable bonds is 5. The maximum absolute atomic E-state index is 12.1. The van der Waals surface area contributed by atoms with E-state index in [1.165, 1.54) is 6.07 Å². The van der Waals surface area contributed by atoms with E-state index in [0.717, 1.165) is 12.0 Å². The SMILES string of the molecule is C=CC(c1ccccc1)c1c(O)cc(CCC)oc1=O. The van der Waals surface area contributed by atoms with Crippen molar-refractivity contribution in [3.8, 4) is 5.75 Å². The van der Waals surface area contributed by atoms with Gasteiger partial charge in [0.1, 0.15) is 11.5 Å². The molecule has 0 saturated carbocycles. The summed E-state index contributed by atoms with van der Waals surface area (Å²) in [5.41, 5.74) is 0.640. The van der Waals surface area contributed by atoms with Crippen molar-refractivity contribution in [3.63, 3.8) is 0 Å². The van der Waals surface area contributed by atoms with Crippen molar-refractivity contribution in [2.45, 2.75) is 25.7 Å². The molecule has 0 bridgehead atoms. The summed E-state index contributed by atoms with van der Waals surface area (Å²) in [5, 5.41) is 10.2. The molecule has 3 heteroatoms. The lowest BCUT2D eigenvalue weighted by atomic mass is 9.92. The van der Waals surface area contributed by atoms with Gasteiger partial charge in [0.2, 0.25) is 0 Å². The van der Waals surface area contributed by atoms with Crippen molar-refractivity contribution < 1.29 is 9.52 Å². The van der Waals surface area contributed by atoms with Crippen LogP contribution >= 0.6 is 0 Å². The van der Waals surface area contributed by atoms with Crippen molar-refractivity contribution >= 4 is 0 Å². The summed E-state index contributed by atoms with van der Waals surface area (Å²) in [7, 11) is 0. The van der Waals surface area contributed by atoms with Gasteiger partial charge in [0.15, 0.2) is 0 Å². The lowest BCUT2D eigenvalue weighted by Gasteiger charge is -2.14. The Morgan fingerprint density at radius 3 is 2.60 bits per heavy atom. The summed E-state index contributed by atoms with van der Waals surface area (Å²) in [6.07, 6.45) is 3.12. The molecule has 0 saturated heterocycles. The third-order valence-electron chi connectivity index (χ3n) is 3.22. The van der Waals surface area contributed by atoms with Gasteiger partial charge in [-0.2, -0.15) is 0 Å². The highest BCUT2D eigenvalue weighted by Gasteiger charge is 2.20. The molecule has 2 aromatic rings. The summed E-state index contributed by atoms with van der Waals surface area (Å²) in [4.78, 5) is 12.1. The van der Waals surface area contributed by atoms with E-state index < -0.39 is 5.63 Å². The number of hydrogen-bond donors (Lipinski definition) is 1. The summed E-state index contributed by atoms with van der Waals surface area (Å²) >= 11 is 0. The van der Waals surface area contributed by atoms with Crippen molar-refractivity contribution in [2.24, 2.45) is 0 Å².